The van der Waals surface area contributed by atoms with Crippen LogP contribution in [0.5, 0.6) is 17.2 Å². The number of ether oxygens (including phenoxy) is 2. The van der Waals surface area contributed by atoms with E-state index in [2.05, 4.69) is 15.9 Å². The summed E-state index contributed by atoms with van der Waals surface area (Å²) in [6, 6.07) is 12.6. The van der Waals surface area contributed by atoms with Gasteiger partial charge in [-0.3, -0.25) is 4.79 Å². The minimum atomic E-state index is -0.0276. The first-order valence-corrected chi connectivity index (χ1v) is 6.52. The third-order valence-corrected chi connectivity index (χ3v) is 3.25. The van der Waals surface area contributed by atoms with Gasteiger partial charge in [0.15, 0.2) is 5.78 Å². The third kappa shape index (κ3) is 3.15. The molecule has 2 aromatic carbocycles. The lowest BCUT2D eigenvalue weighted by Gasteiger charge is -2.11. The van der Waals surface area contributed by atoms with Crippen LogP contribution < -0.4 is 9.47 Å². The van der Waals surface area contributed by atoms with E-state index in [0.717, 1.165) is 10.2 Å². The van der Waals surface area contributed by atoms with E-state index < -0.39 is 0 Å². The molecule has 0 saturated heterocycles. The van der Waals surface area contributed by atoms with Gasteiger partial charge in [0.25, 0.3) is 0 Å². The van der Waals surface area contributed by atoms with Crippen molar-refractivity contribution in [3.63, 3.8) is 0 Å². The average molecular weight is 321 g/mol. The highest BCUT2D eigenvalue weighted by atomic mass is 79.9. The second kappa shape index (κ2) is 5.89. The normalized spacial score (nSPS) is 10.1. The molecule has 0 aromatic heterocycles. The van der Waals surface area contributed by atoms with Gasteiger partial charge in [-0.2, -0.15) is 0 Å². The smallest absolute Gasteiger partial charge is 0.163 e. The van der Waals surface area contributed by atoms with E-state index >= 15 is 0 Å². The molecule has 2 aromatic rings. The Bertz CT molecular complexity index is 608. The highest BCUT2D eigenvalue weighted by Gasteiger charge is 2.10. The fourth-order valence-corrected chi connectivity index (χ4v) is 2.09. The lowest BCUT2D eigenvalue weighted by molar-refractivity contribution is 0.101. The largest absolute Gasteiger partial charge is 0.497 e. The van der Waals surface area contributed by atoms with Crippen molar-refractivity contribution in [3.05, 3.63) is 52.5 Å². The SMILES string of the molecule is COc1ccc(Oc2ccccc2C(C)=O)c(Br)c1. The van der Waals surface area contributed by atoms with Crippen LogP contribution in [0.15, 0.2) is 46.9 Å². The van der Waals surface area contributed by atoms with Gasteiger partial charge in [-0.1, -0.05) is 12.1 Å². The van der Waals surface area contributed by atoms with Crippen LogP contribution in [-0.4, -0.2) is 12.9 Å². The zero-order valence-electron chi connectivity index (χ0n) is 10.6. The lowest BCUT2D eigenvalue weighted by atomic mass is 10.1. The lowest BCUT2D eigenvalue weighted by Crippen LogP contribution is -1.97. The van der Waals surface area contributed by atoms with Crippen LogP contribution in [-0.2, 0) is 0 Å². The number of para-hydroxylation sites is 1. The Kier molecular flexibility index (Phi) is 4.22. The second-order valence-electron chi connectivity index (χ2n) is 3.95. The number of ketones is 1. The Morgan fingerprint density at radius 1 is 1.11 bits per heavy atom. The molecule has 0 atom stereocenters. The van der Waals surface area contributed by atoms with Crippen LogP contribution in [0.1, 0.15) is 17.3 Å². The molecule has 3 nitrogen and oxygen atoms in total. The fraction of sp³-hybridized carbons (Fsp3) is 0.133. The van der Waals surface area contributed by atoms with Crippen LogP contribution in [0.25, 0.3) is 0 Å². The summed E-state index contributed by atoms with van der Waals surface area (Å²) < 4.78 is 11.7. The van der Waals surface area contributed by atoms with Crippen molar-refractivity contribution in [1.82, 2.24) is 0 Å². The molecule has 0 saturated carbocycles. The monoisotopic (exact) mass is 320 g/mol. The predicted octanol–water partition coefficient (Wildman–Crippen LogP) is 4.45. The van der Waals surface area contributed by atoms with Crippen molar-refractivity contribution in [1.29, 1.82) is 0 Å². The first-order valence-electron chi connectivity index (χ1n) is 5.73. The zero-order valence-corrected chi connectivity index (χ0v) is 12.2. The predicted molar refractivity (Wildman–Crippen MR) is 77.2 cm³/mol. The fourth-order valence-electron chi connectivity index (χ4n) is 1.66. The van der Waals surface area contributed by atoms with Crippen LogP contribution in [0, 0.1) is 0 Å². The molecule has 98 valence electrons. The number of benzene rings is 2. The van der Waals surface area contributed by atoms with Gasteiger partial charge in [0.2, 0.25) is 0 Å². The average Bonchev–Trinajstić information content (AvgIpc) is 2.41. The van der Waals surface area contributed by atoms with Gasteiger partial charge in [-0.05, 0) is 53.2 Å². The molecule has 0 spiro atoms. The summed E-state index contributed by atoms with van der Waals surface area (Å²) in [6.07, 6.45) is 0. The van der Waals surface area contributed by atoms with Crippen molar-refractivity contribution in [2.75, 3.05) is 7.11 Å². The van der Waals surface area contributed by atoms with Crippen LogP contribution >= 0.6 is 15.9 Å². The molecule has 0 bridgehead atoms. The van der Waals surface area contributed by atoms with Gasteiger partial charge < -0.3 is 9.47 Å². The molecule has 0 radical (unpaired) electrons. The Morgan fingerprint density at radius 2 is 1.84 bits per heavy atom. The summed E-state index contributed by atoms with van der Waals surface area (Å²) in [4.78, 5) is 11.5. The highest BCUT2D eigenvalue weighted by molar-refractivity contribution is 9.10. The van der Waals surface area contributed by atoms with Crippen molar-refractivity contribution in [3.8, 4) is 17.2 Å². The quantitative estimate of drug-likeness (QED) is 0.780. The van der Waals surface area contributed by atoms with Crippen LogP contribution in [0.3, 0.4) is 0 Å². The first-order chi connectivity index (χ1) is 9.11. The molecular weight excluding hydrogens is 308 g/mol. The summed E-state index contributed by atoms with van der Waals surface area (Å²) in [7, 11) is 1.60. The molecule has 0 amide bonds. The van der Waals surface area contributed by atoms with Crippen molar-refractivity contribution in [2.45, 2.75) is 6.92 Å². The molecule has 0 aliphatic rings. The molecule has 0 fully saturated rings. The van der Waals surface area contributed by atoms with E-state index in [1.807, 2.05) is 18.2 Å². The number of methoxy groups -OCH3 is 1. The minimum absolute atomic E-state index is 0.0276. The standard InChI is InChI=1S/C15H13BrO3/c1-10(17)12-5-3-4-6-14(12)19-15-8-7-11(18-2)9-13(15)16/h3-9H,1-2H3. The number of Topliss-reactive ketones (excluding diaryl/α,β-unsaturated/α-hetero) is 1. The number of rotatable bonds is 4. The molecule has 19 heavy (non-hydrogen) atoms. The number of carbonyl (C=O) groups excluding carboxylic acids is 1. The maximum atomic E-state index is 11.5. The summed E-state index contributed by atoms with van der Waals surface area (Å²) in [5, 5.41) is 0. The van der Waals surface area contributed by atoms with Crippen molar-refractivity contribution < 1.29 is 14.3 Å². The molecule has 0 N–H and O–H groups in total. The summed E-state index contributed by atoms with van der Waals surface area (Å²) >= 11 is 3.42. The van der Waals surface area contributed by atoms with E-state index in [4.69, 9.17) is 9.47 Å². The number of hydrogen-bond donors (Lipinski definition) is 0. The Morgan fingerprint density at radius 3 is 2.47 bits per heavy atom. The van der Waals surface area contributed by atoms with Gasteiger partial charge >= 0.3 is 0 Å². The van der Waals surface area contributed by atoms with Gasteiger partial charge in [0.05, 0.1) is 17.1 Å². The van der Waals surface area contributed by atoms with Gasteiger partial charge in [-0.25, -0.2) is 0 Å². The minimum Gasteiger partial charge on any atom is -0.497 e. The highest BCUT2D eigenvalue weighted by Crippen LogP contribution is 2.34. The first kappa shape index (κ1) is 13.6. The van der Waals surface area contributed by atoms with E-state index in [9.17, 15) is 4.79 Å². The summed E-state index contributed by atoms with van der Waals surface area (Å²) in [6.45, 7) is 1.52. The second-order valence-corrected chi connectivity index (χ2v) is 4.81. The molecule has 0 heterocycles. The molecule has 4 heteroatoms. The molecule has 0 unspecified atom stereocenters. The number of carbonyl (C=O) groups is 1. The Labute approximate surface area is 120 Å². The zero-order chi connectivity index (χ0) is 13.8. The van der Waals surface area contributed by atoms with Crippen LogP contribution in [0.2, 0.25) is 0 Å². The van der Waals surface area contributed by atoms with E-state index in [1.54, 1.807) is 31.4 Å². The van der Waals surface area contributed by atoms with E-state index in [0.29, 0.717) is 17.1 Å². The molecule has 2 rings (SSSR count). The number of halogens is 1. The molecule has 0 aliphatic heterocycles. The third-order valence-electron chi connectivity index (χ3n) is 2.63. The summed E-state index contributed by atoms with van der Waals surface area (Å²) in [5.74, 6) is 1.88. The maximum absolute atomic E-state index is 11.5. The van der Waals surface area contributed by atoms with Gasteiger partial charge in [0.1, 0.15) is 17.2 Å². The van der Waals surface area contributed by atoms with E-state index in [1.165, 1.54) is 6.92 Å². The Hall–Kier alpha value is -1.81. The topological polar surface area (TPSA) is 35.5 Å². The van der Waals surface area contributed by atoms with E-state index in [-0.39, 0.29) is 5.78 Å². The van der Waals surface area contributed by atoms with Gasteiger partial charge in [0, 0.05) is 0 Å². The van der Waals surface area contributed by atoms with Gasteiger partial charge in [-0.15, -0.1) is 0 Å². The maximum Gasteiger partial charge on any atom is 0.163 e. The van der Waals surface area contributed by atoms with Crippen molar-refractivity contribution >= 4 is 21.7 Å². The summed E-state index contributed by atoms with van der Waals surface area (Å²) in [5.41, 5.74) is 0.560. The number of hydrogen-bond acceptors (Lipinski definition) is 3. The van der Waals surface area contributed by atoms with Crippen LogP contribution in [0.4, 0.5) is 0 Å². The molecular formula is C15H13BrO3. The molecule has 0 aliphatic carbocycles. The van der Waals surface area contributed by atoms with Crippen molar-refractivity contribution in [2.24, 2.45) is 0 Å². The Balaban J connectivity index is 2.34.